The Bertz CT molecular complexity index is 778. The van der Waals surface area contributed by atoms with Gasteiger partial charge < -0.3 is 19.8 Å². The molecule has 0 radical (unpaired) electrons. The molecule has 2 N–H and O–H groups in total. The van der Waals surface area contributed by atoms with Gasteiger partial charge in [0.25, 0.3) is 0 Å². The number of fused-ring (bicyclic) bond motifs is 1. The molecule has 2 heterocycles. The Morgan fingerprint density at radius 1 is 1.26 bits per heavy atom. The van der Waals surface area contributed by atoms with Crippen molar-refractivity contribution in [2.75, 3.05) is 0 Å². The molecule has 1 aromatic carbocycles. The number of aliphatic hydroxyl groups excluding tert-OH is 1. The minimum atomic E-state index is -1.56. The zero-order chi connectivity index (χ0) is 20.1. The number of ketones is 1. The zero-order valence-corrected chi connectivity index (χ0v) is 16.4. The number of amides is 1. The summed E-state index contributed by atoms with van der Waals surface area (Å²) in [5.41, 5.74) is -1.34. The van der Waals surface area contributed by atoms with E-state index in [1.165, 1.54) is 30.5 Å². The highest BCUT2D eigenvalue weighted by Crippen LogP contribution is 2.54. The molecule has 27 heavy (non-hydrogen) atoms. The van der Waals surface area contributed by atoms with Crippen LogP contribution in [-0.4, -0.2) is 60.6 Å². The smallest absolute Gasteiger partial charge is 0.327 e. The highest BCUT2D eigenvalue weighted by Gasteiger charge is 2.66. The lowest BCUT2D eigenvalue weighted by Gasteiger charge is -2.45. The van der Waals surface area contributed by atoms with E-state index < -0.39 is 51.4 Å². The summed E-state index contributed by atoms with van der Waals surface area (Å²) in [6, 6.07) is 7.77. The van der Waals surface area contributed by atoms with Gasteiger partial charge in [0.1, 0.15) is 23.8 Å². The van der Waals surface area contributed by atoms with Crippen molar-refractivity contribution in [1.29, 1.82) is 0 Å². The number of carbonyl (C=O) groups is 3. The number of nitrogens with zero attached hydrogens (tertiary/aromatic N) is 1. The highest BCUT2D eigenvalue weighted by molar-refractivity contribution is 8.01. The van der Waals surface area contributed by atoms with Crippen molar-refractivity contribution in [3.05, 3.63) is 30.3 Å². The number of hydrogen-bond acceptors (Lipinski definition) is 6. The first-order chi connectivity index (χ1) is 12.5. The molecule has 7 nitrogen and oxygen atoms in total. The number of rotatable bonds is 6. The number of carboxylic acid groups (broad SMARTS) is 1. The lowest BCUT2D eigenvalue weighted by atomic mass is 9.82. The SMILES string of the molecule is CC(C)(Oc1ccccc1)C(=O)[C@@H](O)[C@@H]1C(=O)N2[C@@H]1SC(C)(C)[C@@H]2C(=O)O. The van der Waals surface area contributed by atoms with Crippen molar-refractivity contribution < 1.29 is 29.3 Å². The largest absolute Gasteiger partial charge is 0.480 e. The number of para-hydroxylation sites is 1. The van der Waals surface area contributed by atoms with Crippen LogP contribution in [0, 0.1) is 5.92 Å². The lowest BCUT2D eigenvalue weighted by Crippen LogP contribution is -2.67. The fourth-order valence-electron chi connectivity index (χ4n) is 3.69. The van der Waals surface area contributed by atoms with E-state index in [9.17, 15) is 24.6 Å². The van der Waals surface area contributed by atoms with Crippen molar-refractivity contribution in [3.8, 4) is 5.75 Å². The molecule has 146 valence electrons. The Morgan fingerprint density at radius 3 is 2.41 bits per heavy atom. The van der Waals surface area contributed by atoms with E-state index in [1.54, 1.807) is 38.1 Å². The van der Waals surface area contributed by atoms with Crippen LogP contribution in [0.15, 0.2) is 30.3 Å². The molecule has 8 heteroatoms. The highest BCUT2D eigenvalue weighted by atomic mass is 32.2. The number of carbonyl (C=O) groups excluding carboxylic acids is 2. The summed E-state index contributed by atoms with van der Waals surface area (Å²) in [5, 5.41) is 19.5. The van der Waals surface area contributed by atoms with Gasteiger partial charge in [-0.05, 0) is 39.8 Å². The predicted octanol–water partition coefficient (Wildman–Crippen LogP) is 1.54. The molecule has 0 aromatic heterocycles. The third kappa shape index (κ3) is 3.21. The standard InChI is InChI=1S/C19H23NO6S/c1-18(2,26-10-8-6-5-7-9-10)14(22)12(21)11-15(23)20-13(17(24)25)19(3,4)27-16(11)20/h5-9,11-13,16,21H,1-4H3,(H,24,25)/t11-,12+,13+,16-/m1/s1. The van der Waals surface area contributed by atoms with Gasteiger partial charge in [0.05, 0.1) is 5.37 Å². The quantitative estimate of drug-likeness (QED) is 0.707. The van der Waals surface area contributed by atoms with E-state index in [0.717, 1.165) is 0 Å². The summed E-state index contributed by atoms with van der Waals surface area (Å²) < 4.78 is 5.01. The second-order valence-corrected chi connectivity index (χ2v) is 9.63. The number of thioether (sulfide) groups is 1. The van der Waals surface area contributed by atoms with Gasteiger partial charge in [0, 0.05) is 4.75 Å². The second-order valence-electron chi connectivity index (χ2n) is 7.86. The van der Waals surface area contributed by atoms with E-state index in [1.807, 2.05) is 6.07 Å². The van der Waals surface area contributed by atoms with Crippen LogP contribution in [0.1, 0.15) is 27.7 Å². The van der Waals surface area contributed by atoms with Crippen molar-refractivity contribution in [3.63, 3.8) is 0 Å². The number of hydrogen-bond donors (Lipinski definition) is 2. The number of aliphatic hydroxyl groups is 1. The topological polar surface area (TPSA) is 104 Å². The van der Waals surface area contributed by atoms with Crippen LogP contribution < -0.4 is 4.74 Å². The van der Waals surface area contributed by atoms with Crippen molar-refractivity contribution in [1.82, 2.24) is 4.90 Å². The molecule has 1 amide bonds. The van der Waals surface area contributed by atoms with Gasteiger partial charge in [-0.2, -0.15) is 0 Å². The van der Waals surface area contributed by atoms with E-state index >= 15 is 0 Å². The number of ether oxygens (including phenoxy) is 1. The average molecular weight is 393 g/mol. The van der Waals surface area contributed by atoms with Crippen LogP contribution in [-0.2, 0) is 14.4 Å². The molecule has 0 saturated carbocycles. The first-order valence-corrected chi connectivity index (χ1v) is 9.54. The normalized spacial score (nSPS) is 27.5. The Kier molecular flexibility index (Phi) is 4.76. The Hall–Kier alpha value is -2.06. The molecule has 3 rings (SSSR count). The van der Waals surface area contributed by atoms with Gasteiger partial charge in [0.2, 0.25) is 11.7 Å². The average Bonchev–Trinajstić information content (AvgIpc) is 2.82. The molecule has 2 aliphatic heterocycles. The maximum absolute atomic E-state index is 12.8. The third-order valence-electron chi connectivity index (χ3n) is 5.03. The van der Waals surface area contributed by atoms with E-state index in [-0.39, 0.29) is 0 Å². The maximum Gasteiger partial charge on any atom is 0.327 e. The summed E-state index contributed by atoms with van der Waals surface area (Å²) in [6.45, 7) is 6.57. The van der Waals surface area contributed by atoms with Crippen LogP contribution >= 0.6 is 11.8 Å². The van der Waals surface area contributed by atoms with Crippen molar-refractivity contribution >= 4 is 29.4 Å². The summed E-state index contributed by atoms with van der Waals surface area (Å²) in [7, 11) is 0. The van der Waals surface area contributed by atoms with Gasteiger partial charge in [-0.3, -0.25) is 9.59 Å². The lowest BCUT2D eigenvalue weighted by molar-refractivity contribution is -0.173. The molecule has 0 aliphatic carbocycles. The number of aliphatic carboxylic acids is 1. The monoisotopic (exact) mass is 393 g/mol. The summed E-state index contributed by atoms with van der Waals surface area (Å²) in [5.74, 6) is -2.70. The molecular formula is C19H23NO6S. The van der Waals surface area contributed by atoms with Crippen LogP contribution in [0.5, 0.6) is 5.75 Å². The first kappa shape index (κ1) is 19.7. The second kappa shape index (κ2) is 6.53. The Morgan fingerprint density at radius 2 is 1.85 bits per heavy atom. The molecule has 2 fully saturated rings. The Balaban J connectivity index is 1.77. The van der Waals surface area contributed by atoms with Crippen LogP contribution in [0.4, 0.5) is 0 Å². The maximum atomic E-state index is 12.8. The number of benzene rings is 1. The number of β-lactam (4-membered cyclic amide) rings is 1. The van der Waals surface area contributed by atoms with Crippen molar-refractivity contribution in [2.24, 2.45) is 5.92 Å². The minimum absolute atomic E-state index is 0.479. The summed E-state index contributed by atoms with van der Waals surface area (Å²) in [4.78, 5) is 38.2. The Labute approximate surface area is 161 Å². The molecule has 4 atom stereocenters. The summed E-state index contributed by atoms with van der Waals surface area (Å²) in [6.07, 6.45) is -1.56. The molecule has 0 spiro atoms. The van der Waals surface area contributed by atoms with Gasteiger partial charge in [-0.25, -0.2) is 4.79 Å². The molecule has 0 unspecified atom stereocenters. The first-order valence-electron chi connectivity index (χ1n) is 8.66. The van der Waals surface area contributed by atoms with Gasteiger partial charge in [-0.15, -0.1) is 11.8 Å². The molecule has 2 saturated heterocycles. The zero-order valence-electron chi connectivity index (χ0n) is 15.6. The van der Waals surface area contributed by atoms with Crippen LogP contribution in [0.3, 0.4) is 0 Å². The molecule has 1 aromatic rings. The van der Waals surface area contributed by atoms with E-state index in [2.05, 4.69) is 0 Å². The fourth-order valence-corrected chi connectivity index (χ4v) is 5.40. The van der Waals surface area contributed by atoms with Gasteiger partial charge in [-0.1, -0.05) is 18.2 Å². The predicted molar refractivity (Wildman–Crippen MR) is 99.4 cm³/mol. The van der Waals surface area contributed by atoms with Crippen LogP contribution in [0.25, 0.3) is 0 Å². The molecule has 2 aliphatic rings. The fraction of sp³-hybridized carbons (Fsp3) is 0.526. The van der Waals surface area contributed by atoms with Gasteiger partial charge >= 0.3 is 5.97 Å². The minimum Gasteiger partial charge on any atom is -0.480 e. The number of Topliss-reactive ketones (excluding diaryl/α,β-unsaturated/α-hetero) is 1. The van der Waals surface area contributed by atoms with Crippen LogP contribution in [0.2, 0.25) is 0 Å². The summed E-state index contributed by atoms with van der Waals surface area (Å²) >= 11 is 1.30. The molecular weight excluding hydrogens is 370 g/mol. The van der Waals surface area contributed by atoms with Gasteiger partial charge in [0.15, 0.2) is 5.60 Å². The molecule has 0 bridgehead atoms. The van der Waals surface area contributed by atoms with E-state index in [0.29, 0.717) is 5.75 Å². The van der Waals surface area contributed by atoms with E-state index in [4.69, 9.17) is 4.74 Å². The third-order valence-corrected chi connectivity index (χ3v) is 6.63. The van der Waals surface area contributed by atoms with Crippen molar-refractivity contribution in [2.45, 2.75) is 55.6 Å². The number of carboxylic acids is 1.